The van der Waals surface area contributed by atoms with Crippen LogP contribution in [0.3, 0.4) is 0 Å². The fourth-order valence-electron chi connectivity index (χ4n) is 5.50. The van der Waals surface area contributed by atoms with Crippen molar-refractivity contribution >= 4 is 43.7 Å². The Kier molecular flexibility index (Phi) is 6.68. The smallest absolute Gasteiger partial charge is 0.416 e. The standard InChI is InChI=1S/C31H23F3N2O6S/c1-41-21-11-13-22(14-12-21)43(39,40)36-25-6-4-3-5-23(25)27-26-19(15-24(28(27)36)30(38)42-2)17-35(29(26)37)16-18-7-9-20(10-8-18)31(32,33)34/h3-15H,16-17H2,1-2H3. The Morgan fingerprint density at radius 3 is 2.26 bits per heavy atom. The summed E-state index contributed by atoms with van der Waals surface area (Å²) in [7, 11) is -1.68. The van der Waals surface area contributed by atoms with E-state index in [0.717, 1.165) is 16.1 Å². The van der Waals surface area contributed by atoms with Crippen molar-refractivity contribution in [1.82, 2.24) is 8.87 Å². The molecule has 0 fully saturated rings. The zero-order valence-corrected chi connectivity index (χ0v) is 23.6. The molecule has 0 bridgehead atoms. The summed E-state index contributed by atoms with van der Waals surface area (Å²) in [4.78, 5) is 28.4. The molecule has 0 atom stereocenters. The summed E-state index contributed by atoms with van der Waals surface area (Å²) in [6.45, 7) is 0.0589. The van der Waals surface area contributed by atoms with Crippen LogP contribution in [0.1, 0.15) is 37.4 Å². The third-order valence-corrected chi connectivity index (χ3v) is 9.22. The Morgan fingerprint density at radius 2 is 1.63 bits per heavy atom. The van der Waals surface area contributed by atoms with E-state index in [1.165, 1.54) is 61.6 Å². The summed E-state index contributed by atoms with van der Waals surface area (Å²) >= 11 is 0. The van der Waals surface area contributed by atoms with Gasteiger partial charge in [-0.15, -0.1) is 0 Å². The summed E-state index contributed by atoms with van der Waals surface area (Å²) in [5.74, 6) is -0.788. The Hall–Kier alpha value is -4.84. The normalized spacial score (nSPS) is 13.5. The van der Waals surface area contributed by atoms with Gasteiger partial charge in [-0.05, 0) is 59.7 Å². The third kappa shape index (κ3) is 4.58. The van der Waals surface area contributed by atoms with Gasteiger partial charge >= 0.3 is 12.1 Å². The number of amides is 1. The summed E-state index contributed by atoms with van der Waals surface area (Å²) in [6, 6.07) is 18.4. The van der Waals surface area contributed by atoms with Crippen molar-refractivity contribution in [1.29, 1.82) is 0 Å². The first-order chi connectivity index (χ1) is 20.5. The van der Waals surface area contributed by atoms with Crippen molar-refractivity contribution < 1.29 is 40.7 Å². The molecule has 0 N–H and O–H groups in total. The van der Waals surface area contributed by atoms with Crippen LogP contribution < -0.4 is 4.74 Å². The lowest BCUT2D eigenvalue weighted by Gasteiger charge is -2.16. The average Bonchev–Trinajstić information content (AvgIpc) is 3.50. The highest BCUT2D eigenvalue weighted by Crippen LogP contribution is 2.41. The van der Waals surface area contributed by atoms with E-state index in [0.29, 0.717) is 22.3 Å². The number of ether oxygens (including phenoxy) is 2. The van der Waals surface area contributed by atoms with Crippen molar-refractivity contribution in [2.75, 3.05) is 14.2 Å². The van der Waals surface area contributed by atoms with Crippen LogP contribution in [0.5, 0.6) is 5.75 Å². The number of alkyl halides is 3. The number of hydrogen-bond donors (Lipinski definition) is 0. The van der Waals surface area contributed by atoms with Crippen LogP contribution in [-0.4, -0.2) is 43.4 Å². The lowest BCUT2D eigenvalue weighted by atomic mass is 9.98. The van der Waals surface area contributed by atoms with Gasteiger partial charge in [-0.1, -0.05) is 30.3 Å². The molecule has 0 saturated carbocycles. The van der Waals surface area contributed by atoms with Crippen LogP contribution in [0.25, 0.3) is 21.8 Å². The Bertz CT molecular complexity index is 2030. The zero-order chi connectivity index (χ0) is 30.7. The molecule has 5 aromatic rings. The van der Waals surface area contributed by atoms with Gasteiger partial charge < -0.3 is 14.4 Å². The van der Waals surface area contributed by atoms with Gasteiger partial charge in [0, 0.05) is 23.9 Å². The number of nitrogens with zero attached hydrogens (tertiary/aromatic N) is 2. The minimum absolute atomic E-state index is 0.00346. The van der Waals surface area contributed by atoms with Gasteiger partial charge in [0.1, 0.15) is 5.75 Å². The van der Waals surface area contributed by atoms with Crippen LogP contribution in [0.2, 0.25) is 0 Å². The molecule has 12 heteroatoms. The van der Waals surface area contributed by atoms with E-state index < -0.39 is 33.6 Å². The van der Waals surface area contributed by atoms with Gasteiger partial charge in [0.05, 0.1) is 46.8 Å². The van der Waals surface area contributed by atoms with Crippen LogP contribution >= 0.6 is 0 Å². The highest BCUT2D eigenvalue weighted by Gasteiger charge is 2.37. The van der Waals surface area contributed by atoms with Gasteiger partial charge in [-0.3, -0.25) is 4.79 Å². The molecular weight excluding hydrogens is 585 g/mol. The van der Waals surface area contributed by atoms with Crippen molar-refractivity contribution in [3.8, 4) is 5.75 Å². The molecule has 220 valence electrons. The molecule has 1 amide bonds. The molecule has 1 aliphatic heterocycles. The molecule has 6 rings (SSSR count). The first-order valence-corrected chi connectivity index (χ1v) is 14.4. The number of hydrogen-bond acceptors (Lipinski definition) is 6. The molecule has 8 nitrogen and oxygen atoms in total. The maximum atomic E-state index is 14.2. The van der Waals surface area contributed by atoms with E-state index in [1.54, 1.807) is 24.3 Å². The molecule has 4 aromatic carbocycles. The molecule has 0 radical (unpaired) electrons. The number of para-hydroxylation sites is 1. The maximum absolute atomic E-state index is 14.2. The highest BCUT2D eigenvalue weighted by molar-refractivity contribution is 7.90. The second-order valence-corrected chi connectivity index (χ2v) is 11.8. The number of fused-ring (bicyclic) bond motifs is 5. The monoisotopic (exact) mass is 608 g/mol. The molecule has 0 saturated heterocycles. The van der Waals surface area contributed by atoms with E-state index in [1.807, 2.05) is 0 Å². The van der Waals surface area contributed by atoms with Crippen molar-refractivity contribution in [2.24, 2.45) is 0 Å². The SMILES string of the molecule is COC(=O)c1cc2c(c3c4ccccc4n(S(=O)(=O)c4ccc(OC)cc4)c13)C(=O)N(Cc1ccc(C(F)(F)F)cc1)C2. The second-order valence-electron chi connectivity index (χ2n) is 9.99. The summed E-state index contributed by atoms with van der Waals surface area (Å²) in [5, 5.41) is 0.701. The number of carbonyl (C=O) groups is 2. The molecule has 0 unspecified atom stereocenters. The summed E-state index contributed by atoms with van der Waals surface area (Å²) in [6.07, 6.45) is -4.49. The van der Waals surface area contributed by atoms with Gasteiger partial charge in [-0.25, -0.2) is 17.2 Å². The Balaban J connectivity index is 1.56. The Labute approximate surface area is 243 Å². The first kappa shape index (κ1) is 28.3. The second kappa shape index (κ2) is 10.2. The first-order valence-electron chi connectivity index (χ1n) is 13.0. The van der Waals surface area contributed by atoms with Crippen molar-refractivity contribution in [2.45, 2.75) is 24.2 Å². The summed E-state index contributed by atoms with van der Waals surface area (Å²) in [5.41, 5.74) is 0.552. The van der Waals surface area contributed by atoms with Crippen LogP contribution in [-0.2, 0) is 34.0 Å². The van der Waals surface area contributed by atoms with Crippen molar-refractivity contribution in [3.05, 3.63) is 107 Å². The topological polar surface area (TPSA) is 94.9 Å². The fourth-order valence-corrected chi connectivity index (χ4v) is 7.04. The molecule has 1 aliphatic rings. The fraction of sp³-hybridized carbons (Fsp3) is 0.161. The molecule has 2 heterocycles. The quantitative estimate of drug-likeness (QED) is 0.220. The van der Waals surface area contributed by atoms with Crippen LogP contribution in [0.4, 0.5) is 13.2 Å². The minimum atomic E-state index is -4.49. The molecular formula is C31H23F3N2O6S. The largest absolute Gasteiger partial charge is 0.497 e. The third-order valence-electron chi connectivity index (χ3n) is 7.50. The summed E-state index contributed by atoms with van der Waals surface area (Å²) < 4.78 is 78.7. The van der Waals surface area contributed by atoms with E-state index >= 15 is 0 Å². The highest BCUT2D eigenvalue weighted by atomic mass is 32.2. The zero-order valence-electron chi connectivity index (χ0n) is 22.8. The predicted octanol–water partition coefficient (Wildman–Crippen LogP) is 6.00. The Morgan fingerprint density at radius 1 is 0.953 bits per heavy atom. The lowest BCUT2D eigenvalue weighted by Crippen LogP contribution is -2.23. The number of methoxy groups -OCH3 is 2. The van der Waals surface area contributed by atoms with E-state index in [2.05, 4.69) is 0 Å². The molecule has 0 spiro atoms. The van der Waals surface area contributed by atoms with E-state index in [4.69, 9.17) is 9.47 Å². The molecule has 1 aromatic heterocycles. The van der Waals surface area contributed by atoms with Gasteiger partial charge in [0.25, 0.3) is 15.9 Å². The van der Waals surface area contributed by atoms with E-state index in [-0.39, 0.29) is 45.5 Å². The molecule has 0 aliphatic carbocycles. The number of rotatable bonds is 6. The number of esters is 1. The van der Waals surface area contributed by atoms with Gasteiger partial charge in [0.2, 0.25) is 0 Å². The van der Waals surface area contributed by atoms with Crippen molar-refractivity contribution in [3.63, 3.8) is 0 Å². The van der Waals surface area contributed by atoms with E-state index in [9.17, 15) is 31.2 Å². The maximum Gasteiger partial charge on any atom is 0.416 e. The molecule has 43 heavy (non-hydrogen) atoms. The number of aromatic nitrogens is 1. The van der Waals surface area contributed by atoms with Crippen LogP contribution in [0, 0.1) is 0 Å². The van der Waals surface area contributed by atoms with Crippen LogP contribution in [0.15, 0.2) is 83.8 Å². The average molecular weight is 609 g/mol. The number of halogens is 3. The predicted molar refractivity (Wildman–Crippen MR) is 151 cm³/mol. The lowest BCUT2D eigenvalue weighted by molar-refractivity contribution is -0.137. The minimum Gasteiger partial charge on any atom is -0.497 e. The number of benzene rings is 4. The van der Waals surface area contributed by atoms with Gasteiger partial charge in [0.15, 0.2) is 0 Å². The number of carbonyl (C=O) groups excluding carboxylic acids is 2. The van der Waals surface area contributed by atoms with Gasteiger partial charge in [-0.2, -0.15) is 13.2 Å².